The highest BCUT2D eigenvalue weighted by Crippen LogP contribution is 2.33. The molecule has 1 unspecified atom stereocenters. The third-order valence-electron chi connectivity index (χ3n) is 2.22. The van der Waals surface area contributed by atoms with Crippen LogP contribution in [-0.4, -0.2) is 27.3 Å². The van der Waals surface area contributed by atoms with E-state index in [4.69, 9.17) is 15.2 Å². The molecule has 5 heteroatoms. The summed E-state index contributed by atoms with van der Waals surface area (Å²) in [5.41, 5.74) is 6.27. The normalized spacial score (nSPS) is 11.8. The molecule has 1 aromatic rings. The molecule has 0 amide bonds. The van der Waals surface area contributed by atoms with Crippen LogP contribution in [-0.2, 0) is 9.53 Å². The van der Waals surface area contributed by atoms with Crippen LogP contribution in [0, 0.1) is 0 Å². The van der Waals surface area contributed by atoms with Crippen molar-refractivity contribution in [1.29, 1.82) is 0 Å². The van der Waals surface area contributed by atoms with Crippen LogP contribution in [0.3, 0.4) is 0 Å². The number of nitrogens with two attached hydrogens (primary N) is 1. The topological polar surface area (TPSA) is 70.8 Å². The number of hydrogen-bond donors (Lipinski definition) is 1. The number of benzene rings is 1. The molecule has 0 heterocycles. The Morgan fingerprint density at radius 1 is 1.25 bits per heavy atom. The molecule has 2 N–H and O–H groups in total. The monoisotopic (exact) mass is 225 g/mol. The van der Waals surface area contributed by atoms with Crippen LogP contribution < -0.4 is 15.2 Å². The van der Waals surface area contributed by atoms with Crippen LogP contribution in [0.5, 0.6) is 11.5 Å². The Labute approximate surface area is 94.1 Å². The number of carbonyl (C=O) groups is 1. The molecule has 0 aliphatic rings. The number of methoxy groups -OCH3 is 3. The predicted molar refractivity (Wildman–Crippen MR) is 58.5 cm³/mol. The fourth-order valence-corrected chi connectivity index (χ4v) is 1.41. The maximum Gasteiger partial charge on any atom is 0.327 e. The molecule has 0 radical (unpaired) electrons. The molecule has 5 nitrogen and oxygen atoms in total. The molecular formula is C11H15NO4. The van der Waals surface area contributed by atoms with Crippen molar-refractivity contribution in [3.05, 3.63) is 23.8 Å². The van der Waals surface area contributed by atoms with Gasteiger partial charge in [-0.25, -0.2) is 0 Å². The molecule has 0 bridgehead atoms. The van der Waals surface area contributed by atoms with E-state index in [0.717, 1.165) is 0 Å². The molecule has 0 aromatic heterocycles. The van der Waals surface area contributed by atoms with Gasteiger partial charge in [0.1, 0.15) is 6.04 Å². The molecule has 1 rings (SSSR count). The van der Waals surface area contributed by atoms with Gasteiger partial charge in [-0.3, -0.25) is 4.79 Å². The van der Waals surface area contributed by atoms with E-state index in [2.05, 4.69) is 4.74 Å². The first-order valence-electron chi connectivity index (χ1n) is 4.70. The highest BCUT2D eigenvalue weighted by molar-refractivity contribution is 5.78. The van der Waals surface area contributed by atoms with Gasteiger partial charge in [0.25, 0.3) is 0 Å². The number of carbonyl (C=O) groups excluding carboxylic acids is 1. The maximum atomic E-state index is 11.3. The number of ether oxygens (including phenoxy) is 3. The van der Waals surface area contributed by atoms with E-state index in [9.17, 15) is 4.79 Å². The molecule has 1 aromatic carbocycles. The average molecular weight is 225 g/mol. The predicted octanol–water partition coefficient (Wildman–Crippen LogP) is 0.877. The summed E-state index contributed by atoms with van der Waals surface area (Å²) >= 11 is 0. The van der Waals surface area contributed by atoms with E-state index in [1.54, 1.807) is 18.2 Å². The van der Waals surface area contributed by atoms with E-state index in [0.29, 0.717) is 17.1 Å². The lowest BCUT2D eigenvalue weighted by Gasteiger charge is -2.15. The molecule has 0 aliphatic carbocycles. The summed E-state index contributed by atoms with van der Waals surface area (Å²) in [6, 6.07) is 4.28. The zero-order valence-electron chi connectivity index (χ0n) is 9.52. The third kappa shape index (κ3) is 2.25. The number of esters is 1. The third-order valence-corrected chi connectivity index (χ3v) is 2.22. The summed E-state index contributed by atoms with van der Waals surface area (Å²) < 4.78 is 14.9. The first-order chi connectivity index (χ1) is 7.65. The summed E-state index contributed by atoms with van der Waals surface area (Å²) in [7, 11) is 4.30. The van der Waals surface area contributed by atoms with E-state index in [-0.39, 0.29) is 0 Å². The van der Waals surface area contributed by atoms with Crippen LogP contribution in [0.15, 0.2) is 18.2 Å². The van der Waals surface area contributed by atoms with Gasteiger partial charge in [-0.1, -0.05) is 12.1 Å². The number of hydrogen-bond acceptors (Lipinski definition) is 5. The molecule has 16 heavy (non-hydrogen) atoms. The summed E-state index contributed by atoms with van der Waals surface area (Å²) in [4.78, 5) is 11.3. The Hall–Kier alpha value is -1.75. The molecule has 88 valence electrons. The molecule has 1 atom stereocenters. The molecule has 0 saturated carbocycles. The van der Waals surface area contributed by atoms with Crippen LogP contribution in [0.4, 0.5) is 0 Å². The highest BCUT2D eigenvalue weighted by atomic mass is 16.5. The molecular weight excluding hydrogens is 210 g/mol. The Bertz CT molecular complexity index is 378. The van der Waals surface area contributed by atoms with Gasteiger partial charge in [0.2, 0.25) is 0 Å². The van der Waals surface area contributed by atoms with Crippen molar-refractivity contribution in [2.45, 2.75) is 6.04 Å². The second-order valence-corrected chi connectivity index (χ2v) is 3.08. The van der Waals surface area contributed by atoms with E-state index in [1.807, 2.05) is 0 Å². The van der Waals surface area contributed by atoms with Gasteiger partial charge in [-0.15, -0.1) is 0 Å². The van der Waals surface area contributed by atoms with Crippen molar-refractivity contribution in [3.8, 4) is 11.5 Å². The fourth-order valence-electron chi connectivity index (χ4n) is 1.41. The highest BCUT2D eigenvalue weighted by Gasteiger charge is 2.22. The largest absolute Gasteiger partial charge is 0.493 e. The quantitative estimate of drug-likeness (QED) is 0.770. The van der Waals surface area contributed by atoms with Crippen molar-refractivity contribution in [2.24, 2.45) is 5.73 Å². The van der Waals surface area contributed by atoms with Crippen LogP contribution in [0.25, 0.3) is 0 Å². The SMILES string of the molecule is COC(=O)C(N)c1cccc(OC)c1OC. The molecule has 0 saturated heterocycles. The van der Waals surface area contributed by atoms with Crippen LogP contribution in [0.1, 0.15) is 11.6 Å². The summed E-state index contributed by atoms with van der Waals surface area (Å²) in [6.45, 7) is 0. The van der Waals surface area contributed by atoms with Crippen LogP contribution >= 0.6 is 0 Å². The maximum absolute atomic E-state index is 11.3. The van der Waals surface area contributed by atoms with Crippen molar-refractivity contribution in [3.63, 3.8) is 0 Å². The first kappa shape index (κ1) is 12.3. The Morgan fingerprint density at radius 2 is 1.94 bits per heavy atom. The van der Waals surface area contributed by atoms with Gasteiger partial charge < -0.3 is 19.9 Å². The standard InChI is InChI=1S/C11H15NO4/c1-14-8-6-4-5-7(10(8)15-2)9(12)11(13)16-3/h4-6,9H,12H2,1-3H3. The molecule has 0 fully saturated rings. The van der Waals surface area contributed by atoms with Crippen molar-refractivity contribution < 1.29 is 19.0 Å². The van der Waals surface area contributed by atoms with Crippen molar-refractivity contribution in [1.82, 2.24) is 0 Å². The lowest BCUT2D eigenvalue weighted by Crippen LogP contribution is -2.23. The number of rotatable bonds is 4. The van der Waals surface area contributed by atoms with E-state index in [1.165, 1.54) is 21.3 Å². The van der Waals surface area contributed by atoms with Gasteiger partial charge in [0.05, 0.1) is 21.3 Å². The minimum absolute atomic E-state index is 0.447. The lowest BCUT2D eigenvalue weighted by atomic mass is 10.1. The fraction of sp³-hybridized carbons (Fsp3) is 0.364. The lowest BCUT2D eigenvalue weighted by molar-refractivity contribution is -0.142. The number of para-hydroxylation sites is 1. The van der Waals surface area contributed by atoms with Gasteiger partial charge >= 0.3 is 5.97 Å². The smallest absolute Gasteiger partial charge is 0.327 e. The minimum atomic E-state index is -0.880. The minimum Gasteiger partial charge on any atom is -0.493 e. The average Bonchev–Trinajstić information content (AvgIpc) is 2.35. The first-order valence-corrected chi connectivity index (χ1v) is 4.70. The van der Waals surface area contributed by atoms with Gasteiger partial charge in [-0.05, 0) is 6.07 Å². The Morgan fingerprint density at radius 3 is 2.44 bits per heavy atom. The van der Waals surface area contributed by atoms with Crippen LogP contribution in [0.2, 0.25) is 0 Å². The molecule has 0 aliphatic heterocycles. The van der Waals surface area contributed by atoms with E-state index >= 15 is 0 Å². The van der Waals surface area contributed by atoms with Crippen molar-refractivity contribution >= 4 is 5.97 Å². The summed E-state index contributed by atoms with van der Waals surface area (Å²) in [5.74, 6) is 0.453. The van der Waals surface area contributed by atoms with Gasteiger partial charge in [0.15, 0.2) is 11.5 Å². The summed E-state index contributed by atoms with van der Waals surface area (Å²) in [5, 5.41) is 0. The summed E-state index contributed by atoms with van der Waals surface area (Å²) in [6.07, 6.45) is 0. The molecule has 0 spiro atoms. The van der Waals surface area contributed by atoms with E-state index < -0.39 is 12.0 Å². The Balaban J connectivity index is 3.17. The van der Waals surface area contributed by atoms with Gasteiger partial charge in [0, 0.05) is 5.56 Å². The second kappa shape index (κ2) is 5.37. The zero-order valence-corrected chi connectivity index (χ0v) is 9.52. The van der Waals surface area contributed by atoms with Crippen molar-refractivity contribution in [2.75, 3.05) is 21.3 Å². The second-order valence-electron chi connectivity index (χ2n) is 3.08. The zero-order chi connectivity index (χ0) is 12.1. The Kier molecular flexibility index (Phi) is 4.13. The van der Waals surface area contributed by atoms with Gasteiger partial charge in [-0.2, -0.15) is 0 Å².